The van der Waals surface area contributed by atoms with Crippen molar-refractivity contribution >= 4 is 43.6 Å². The fourth-order valence-electron chi connectivity index (χ4n) is 15.9. The van der Waals surface area contributed by atoms with Crippen molar-refractivity contribution < 1.29 is 0 Å². The van der Waals surface area contributed by atoms with Crippen LogP contribution in [-0.4, -0.2) is 19.9 Å². The van der Waals surface area contributed by atoms with Gasteiger partial charge in [0.1, 0.15) is 0 Å². The lowest BCUT2D eigenvalue weighted by Gasteiger charge is -2.14. The molecule has 0 N–H and O–H groups in total. The molecule has 90 heavy (non-hydrogen) atoms. The fourth-order valence-corrected chi connectivity index (χ4v) is 15.9. The molecule has 0 spiro atoms. The monoisotopic (exact) mass is 1210 g/mol. The molecule has 2 aromatic heterocycles. The molecule has 0 aliphatic heterocycles. The highest BCUT2D eigenvalue weighted by molar-refractivity contribution is 6.18. The number of aryl methyl sites for hydroxylation is 4. The Balaban J connectivity index is 0.907. The van der Waals surface area contributed by atoms with Gasteiger partial charge in [-0.1, -0.05) is 359 Å². The predicted octanol–water partition coefficient (Wildman–Crippen LogP) is 28.1. The summed E-state index contributed by atoms with van der Waals surface area (Å²) in [6.07, 6.45) is 71.0. The smallest absolute Gasteiger partial charge is 0.0979 e. The van der Waals surface area contributed by atoms with Gasteiger partial charge in [0.15, 0.2) is 0 Å². The Kier molecular flexibility index (Phi) is 30.8. The van der Waals surface area contributed by atoms with Gasteiger partial charge < -0.3 is 0 Å². The van der Waals surface area contributed by atoms with E-state index in [1.807, 2.05) is 0 Å². The van der Waals surface area contributed by atoms with Crippen LogP contribution in [0.4, 0.5) is 0 Å². The molecule has 7 aromatic rings. The molecule has 2 aliphatic carbocycles. The zero-order valence-corrected chi connectivity index (χ0v) is 58.3. The van der Waals surface area contributed by atoms with Gasteiger partial charge in [-0.15, -0.1) is 0 Å². The molecule has 490 valence electrons. The molecule has 0 saturated heterocycles. The first kappa shape index (κ1) is 69.6. The van der Waals surface area contributed by atoms with Crippen molar-refractivity contribution in [2.45, 2.75) is 362 Å². The molecule has 9 rings (SSSR count). The number of aromatic nitrogens is 4. The van der Waals surface area contributed by atoms with Crippen molar-refractivity contribution in [2.75, 3.05) is 0 Å². The minimum atomic E-state index is 0.914. The molecule has 4 heteroatoms. The lowest BCUT2D eigenvalue weighted by molar-refractivity contribution is 0.543. The van der Waals surface area contributed by atoms with Gasteiger partial charge in [-0.25, -0.2) is 19.9 Å². The van der Waals surface area contributed by atoms with Crippen molar-refractivity contribution in [3.05, 3.63) is 82.9 Å². The van der Waals surface area contributed by atoms with Crippen LogP contribution in [0.3, 0.4) is 0 Å². The first-order valence-electron chi connectivity index (χ1n) is 39.3. The van der Waals surface area contributed by atoms with E-state index in [0.717, 1.165) is 70.5 Å². The zero-order chi connectivity index (χ0) is 62.2. The topological polar surface area (TPSA) is 51.6 Å². The number of benzene rings is 5. The van der Waals surface area contributed by atoms with Crippen LogP contribution in [0.2, 0.25) is 0 Å². The Morgan fingerprint density at radius 3 is 0.533 bits per heavy atom. The highest BCUT2D eigenvalue weighted by Crippen LogP contribution is 2.51. The largest absolute Gasteiger partial charge is 0.244 e. The second-order valence-corrected chi connectivity index (χ2v) is 28.8. The lowest BCUT2D eigenvalue weighted by atomic mass is 9.90. The Morgan fingerprint density at radius 2 is 0.356 bits per heavy atom. The standard InChI is InChI=1S/C86H126N4/c1-5-9-13-17-21-25-29-33-37-41-45-49-53-67-57-61-71-81-72(62-58-68(79(67)81)54-50-46-42-38-34-30-26-22-18-14-10-6-2)84-83(71)87-75-65-77-78(66-76(75)88-84)90-86-74-64-60-70(56-52-48-44-40-36-32-28-24-20-16-12-8-4)80-69(59-63-73(82(74)80)85(86)89-77)55-51-47-43-39-35-31-27-23-19-15-11-7-3/h57-66H,5-56H2,1-4H3. The first-order chi connectivity index (χ1) is 44.6. The van der Waals surface area contributed by atoms with Gasteiger partial charge in [-0.3, -0.25) is 0 Å². The Labute approximate surface area is 550 Å². The maximum atomic E-state index is 5.59. The molecule has 4 nitrogen and oxygen atoms in total. The molecule has 0 radical (unpaired) electrons. The van der Waals surface area contributed by atoms with Crippen molar-refractivity contribution in [2.24, 2.45) is 0 Å². The van der Waals surface area contributed by atoms with Gasteiger partial charge in [-0.05, 0) is 96.5 Å². The number of fused-ring (bicyclic) bond motifs is 8. The molecule has 0 bridgehead atoms. The quantitative estimate of drug-likeness (QED) is 0.0282. The third-order valence-corrected chi connectivity index (χ3v) is 21.3. The summed E-state index contributed by atoms with van der Waals surface area (Å²) < 4.78 is 0. The normalized spacial score (nSPS) is 12.3. The van der Waals surface area contributed by atoms with E-state index in [2.05, 4.69) is 88.4 Å². The van der Waals surface area contributed by atoms with E-state index in [1.54, 1.807) is 0 Å². The molecule has 2 heterocycles. The van der Waals surface area contributed by atoms with Crippen LogP contribution in [0.5, 0.6) is 0 Å². The second kappa shape index (κ2) is 39.8. The van der Waals surface area contributed by atoms with Crippen molar-refractivity contribution in [1.82, 2.24) is 19.9 Å². The van der Waals surface area contributed by atoms with E-state index in [4.69, 9.17) is 19.9 Å². The first-order valence-corrected chi connectivity index (χ1v) is 39.3. The van der Waals surface area contributed by atoms with Crippen LogP contribution in [0.1, 0.15) is 358 Å². The van der Waals surface area contributed by atoms with Crippen LogP contribution in [0.15, 0.2) is 60.7 Å². The summed E-state index contributed by atoms with van der Waals surface area (Å²) in [5.74, 6) is 0. The lowest BCUT2D eigenvalue weighted by Crippen LogP contribution is -1.96. The molecule has 0 saturated carbocycles. The summed E-state index contributed by atoms with van der Waals surface area (Å²) in [4.78, 5) is 22.3. The van der Waals surface area contributed by atoms with E-state index in [0.29, 0.717) is 0 Å². The van der Waals surface area contributed by atoms with Crippen molar-refractivity contribution in [3.8, 4) is 45.0 Å². The maximum Gasteiger partial charge on any atom is 0.0979 e. The summed E-state index contributed by atoms with van der Waals surface area (Å²) in [5.41, 5.74) is 19.0. The van der Waals surface area contributed by atoms with Gasteiger partial charge in [0.05, 0.1) is 44.8 Å². The minimum absolute atomic E-state index is 0.914. The highest BCUT2D eigenvalue weighted by atomic mass is 14.9. The average Bonchev–Trinajstić information content (AvgIpc) is 1.57. The van der Waals surface area contributed by atoms with Crippen LogP contribution in [0, 0.1) is 0 Å². The van der Waals surface area contributed by atoms with E-state index < -0.39 is 0 Å². The van der Waals surface area contributed by atoms with Gasteiger partial charge in [0.25, 0.3) is 0 Å². The Bertz CT molecular complexity index is 2800. The fraction of sp³-hybridized carbons (Fsp3) is 0.651. The summed E-state index contributed by atoms with van der Waals surface area (Å²) in [6, 6.07) is 24.0. The van der Waals surface area contributed by atoms with Gasteiger partial charge in [0, 0.05) is 33.0 Å². The van der Waals surface area contributed by atoms with Gasteiger partial charge >= 0.3 is 0 Å². The number of nitrogens with zero attached hydrogens (tertiary/aromatic N) is 4. The molecule has 2 aliphatic rings. The Morgan fingerprint density at radius 1 is 0.189 bits per heavy atom. The van der Waals surface area contributed by atoms with E-state index in [9.17, 15) is 0 Å². The van der Waals surface area contributed by atoms with Crippen LogP contribution in [0.25, 0.3) is 88.6 Å². The minimum Gasteiger partial charge on any atom is -0.244 e. The summed E-state index contributed by atoms with van der Waals surface area (Å²) in [6.45, 7) is 9.27. The van der Waals surface area contributed by atoms with Crippen molar-refractivity contribution in [3.63, 3.8) is 0 Å². The highest BCUT2D eigenvalue weighted by Gasteiger charge is 2.30. The number of rotatable bonds is 52. The Hall–Kier alpha value is -4.70. The van der Waals surface area contributed by atoms with Crippen molar-refractivity contribution in [1.29, 1.82) is 0 Å². The number of unbranched alkanes of at least 4 members (excludes halogenated alkanes) is 44. The molecular formula is C86H126N4. The molecule has 0 unspecified atom stereocenters. The van der Waals surface area contributed by atoms with Crippen LogP contribution < -0.4 is 0 Å². The zero-order valence-electron chi connectivity index (χ0n) is 58.3. The summed E-state index contributed by atoms with van der Waals surface area (Å²) >= 11 is 0. The molecule has 0 fully saturated rings. The summed E-state index contributed by atoms with van der Waals surface area (Å²) in [5, 5.41) is 5.81. The van der Waals surface area contributed by atoms with Gasteiger partial charge in [0.2, 0.25) is 0 Å². The molecular weight excluding hydrogens is 1090 g/mol. The van der Waals surface area contributed by atoms with Crippen LogP contribution >= 0.6 is 0 Å². The van der Waals surface area contributed by atoms with Gasteiger partial charge in [-0.2, -0.15) is 0 Å². The molecule has 0 amide bonds. The number of hydrogen-bond acceptors (Lipinski definition) is 4. The predicted molar refractivity (Wildman–Crippen MR) is 396 cm³/mol. The molecule has 5 aromatic carbocycles. The number of hydrogen-bond donors (Lipinski definition) is 0. The third kappa shape index (κ3) is 20.2. The van der Waals surface area contributed by atoms with Crippen LogP contribution in [-0.2, 0) is 25.7 Å². The van der Waals surface area contributed by atoms with E-state index in [1.165, 1.54) is 374 Å². The van der Waals surface area contributed by atoms with E-state index >= 15 is 0 Å². The maximum absolute atomic E-state index is 5.59. The van der Waals surface area contributed by atoms with E-state index in [-0.39, 0.29) is 0 Å². The third-order valence-electron chi connectivity index (χ3n) is 21.3. The summed E-state index contributed by atoms with van der Waals surface area (Å²) in [7, 11) is 0. The second-order valence-electron chi connectivity index (χ2n) is 28.8. The average molecular weight is 1220 g/mol. The molecule has 0 atom stereocenters. The SMILES string of the molecule is CCCCCCCCCCCCCCc1ccc2c3c(ccc(CCCCCCCCCCCCCC)c13)-c1nc3cc4nc5c(nc4cc3nc1-2)-c1ccc(CCCCCCCCCCCCCC)c2c(CCCCCCCCCCCCCC)ccc-5c12.